The Morgan fingerprint density at radius 3 is 2.89 bits per heavy atom. The van der Waals surface area contributed by atoms with Crippen molar-refractivity contribution in [2.75, 3.05) is 7.11 Å². The van der Waals surface area contributed by atoms with E-state index in [0.717, 1.165) is 16.5 Å². The number of rotatable bonds is 4. The molecule has 0 aliphatic heterocycles. The molecule has 0 spiro atoms. The molecule has 1 heterocycles. The summed E-state index contributed by atoms with van der Waals surface area (Å²) in [6, 6.07) is 7.52. The van der Waals surface area contributed by atoms with E-state index in [4.69, 9.17) is 17.0 Å². The lowest BCUT2D eigenvalue weighted by Gasteiger charge is -2.16. The first-order valence-electron chi connectivity index (χ1n) is 6.01. The second-order valence-corrected chi connectivity index (χ2v) is 4.95. The summed E-state index contributed by atoms with van der Waals surface area (Å²) in [7, 11) is 1.38. The van der Waals surface area contributed by atoms with Crippen LogP contribution in [0.5, 0.6) is 0 Å². The molecule has 1 aromatic carbocycles. The van der Waals surface area contributed by atoms with Gasteiger partial charge in [-0.3, -0.25) is 0 Å². The predicted octanol–water partition coefficient (Wildman–Crippen LogP) is 2.19. The molecular weight excluding hydrogens is 260 g/mol. The summed E-state index contributed by atoms with van der Waals surface area (Å²) in [5, 5.41) is 4.09. The molecule has 1 aromatic heterocycles. The fraction of sp³-hybridized carbons (Fsp3) is 0.286. The topological polar surface area (TPSA) is 54.1 Å². The lowest BCUT2D eigenvalue weighted by Crippen LogP contribution is -2.41. The second kappa shape index (κ2) is 5.84. The molecule has 5 heteroatoms. The van der Waals surface area contributed by atoms with Gasteiger partial charge in [0.15, 0.2) is 0 Å². The Balaban J connectivity index is 2.25. The zero-order valence-corrected chi connectivity index (χ0v) is 11.7. The SMILES string of the molecule is COC(=O)C(Cc1c[nH]c2ccccc12)NC(C)=S. The van der Waals surface area contributed by atoms with Crippen molar-refractivity contribution in [3.8, 4) is 0 Å². The molecule has 19 heavy (non-hydrogen) atoms. The molecule has 1 unspecified atom stereocenters. The van der Waals surface area contributed by atoms with E-state index < -0.39 is 6.04 Å². The van der Waals surface area contributed by atoms with Gasteiger partial charge in [-0.1, -0.05) is 30.4 Å². The number of carbonyl (C=O) groups excluding carboxylic acids is 1. The number of hydrogen-bond acceptors (Lipinski definition) is 3. The minimum Gasteiger partial charge on any atom is -0.467 e. The number of aromatic amines is 1. The third-order valence-electron chi connectivity index (χ3n) is 2.96. The zero-order chi connectivity index (χ0) is 13.8. The number of esters is 1. The number of methoxy groups -OCH3 is 1. The summed E-state index contributed by atoms with van der Waals surface area (Å²) in [5.74, 6) is -0.311. The van der Waals surface area contributed by atoms with Gasteiger partial charge in [-0.2, -0.15) is 0 Å². The summed E-state index contributed by atoms with van der Waals surface area (Å²) >= 11 is 5.00. The average molecular weight is 276 g/mol. The lowest BCUT2D eigenvalue weighted by molar-refractivity contribution is -0.142. The van der Waals surface area contributed by atoms with Crippen molar-refractivity contribution in [3.63, 3.8) is 0 Å². The van der Waals surface area contributed by atoms with Crippen LogP contribution in [0.4, 0.5) is 0 Å². The Hall–Kier alpha value is -1.88. The maximum absolute atomic E-state index is 11.8. The van der Waals surface area contributed by atoms with Crippen LogP contribution in [0.25, 0.3) is 10.9 Å². The van der Waals surface area contributed by atoms with E-state index in [1.807, 2.05) is 30.5 Å². The number of thiocarbonyl (C=S) groups is 1. The van der Waals surface area contributed by atoms with Crippen molar-refractivity contribution in [1.82, 2.24) is 10.3 Å². The monoisotopic (exact) mass is 276 g/mol. The van der Waals surface area contributed by atoms with Crippen molar-refractivity contribution in [2.24, 2.45) is 0 Å². The number of carbonyl (C=O) groups is 1. The first-order valence-corrected chi connectivity index (χ1v) is 6.42. The highest BCUT2D eigenvalue weighted by Crippen LogP contribution is 2.19. The van der Waals surface area contributed by atoms with Gasteiger partial charge in [0.2, 0.25) is 0 Å². The zero-order valence-electron chi connectivity index (χ0n) is 10.9. The van der Waals surface area contributed by atoms with Crippen LogP contribution in [-0.4, -0.2) is 29.1 Å². The highest BCUT2D eigenvalue weighted by molar-refractivity contribution is 7.80. The quantitative estimate of drug-likeness (QED) is 0.664. The number of hydrogen-bond donors (Lipinski definition) is 2. The number of H-pyrrole nitrogens is 1. The van der Waals surface area contributed by atoms with E-state index in [1.54, 1.807) is 6.92 Å². The Morgan fingerprint density at radius 2 is 2.21 bits per heavy atom. The molecule has 0 bridgehead atoms. The molecule has 2 N–H and O–H groups in total. The van der Waals surface area contributed by atoms with Crippen molar-refractivity contribution in [2.45, 2.75) is 19.4 Å². The standard InChI is InChI=1S/C14H16N2O2S/c1-9(19)16-13(14(17)18-2)7-10-8-15-12-6-4-3-5-11(10)12/h3-6,8,13,15H,7H2,1-2H3,(H,16,19). The van der Waals surface area contributed by atoms with Crippen LogP contribution in [0.3, 0.4) is 0 Å². The van der Waals surface area contributed by atoms with Gasteiger partial charge in [-0.15, -0.1) is 0 Å². The van der Waals surface area contributed by atoms with Gasteiger partial charge in [0.1, 0.15) is 6.04 Å². The highest BCUT2D eigenvalue weighted by Gasteiger charge is 2.20. The van der Waals surface area contributed by atoms with Gasteiger partial charge < -0.3 is 15.0 Å². The highest BCUT2D eigenvalue weighted by atomic mass is 32.1. The van der Waals surface area contributed by atoms with Crippen LogP contribution in [0.15, 0.2) is 30.5 Å². The molecule has 0 radical (unpaired) electrons. The van der Waals surface area contributed by atoms with Crippen LogP contribution in [0, 0.1) is 0 Å². The summed E-state index contributed by atoms with van der Waals surface area (Å²) in [4.78, 5) is 15.5. The fourth-order valence-electron chi connectivity index (χ4n) is 2.10. The molecule has 2 rings (SSSR count). The average Bonchev–Trinajstić information content (AvgIpc) is 2.80. The summed E-state index contributed by atoms with van der Waals surface area (Å²) in [6.07, 6.45) is 2.45. The molecule has 1 atom stereocenters. The van der Waals surface area contributed by atoms with Crippen molar-refractivity contribution in [1.29, 1.82) is 0 Å². The third kappa shape index (κ3) is 3.12. The Labute approximate surface area is 117 Å². The van der Waals surface area contributed by atoms with Gasteiger partial charge in [-0.25, -0.2) is 4.79 Å². The maximum atomic E-state index is 11.8. The van der Waals surface area contributed by atoms with E-state index in [-0.39, 0.29) is 5.97 Å². The van der Waals surface area contributed by atoms with Crippen LogP contribution < -0.4 is 5.32 Å². The molecule has 2 aromatic rings. The number of fused-ring (bicyclic) bond motifs is 1. The smallest absolute Gasteiger partial charge is 0.328 e. The number of para-hydroxylation sites is 1. The summed E-state index contributed by atoms with van der Waals surface area (Å²) in [6.45, 7) is 1.75. The molecule has 0 amide bonds. The summed E-state index contributed by atoms with van der Waals surface area (Å²) in [5.41, 5.74) is 2.12. The third-order valence-corrected chi connectivity index (χ3v) is 3.08. The number of ether oxygens (including phenoxy) is 1. The number of nitrogens with one attached hydrogen (secondary N) is 2. The van der Waals surface area contributed by atoms with Gasteiger partial charge in [-0.05, 0) is 18.6 Å². The van der Waals surface area contributed by atoms with Crippen molar-refractivity contribution < 1.29 is 9.53 Å². The normalized spacial score (nSPS) is 12.1. The maximum Gasteiger partial charge on any atom is 0.328 e. The number of benzene rings is 1. The van der Waals surface area contributed by atoms with Crippen LogP contribution in [0.2, 0.25) is 0 Å². The van der Waals surface area contributed by atoms with E-state index in [9.17, 15) is 4.79 Å². The lowest BCUT2D eigenvalue weighted by atomic mass is 10.1. The van der Waals surface area contributed by atoms with Crippen LogP contribution >= 0.6 is 12.2 Å². The Morgan fingerprint density at radius 1 is 1.47 bits per heavy atom. The predicted molar refractivity (Wildman–Crippen MR) is 79.2 cm³/mol. The Bertz CT molecular complexity index is 606. The molecule has 0 fully saturated rings. The van der Waals surface area contributed by atoms with Gasteiger partial charge in [0.25, 0.3) is 0 Å². The molecule has 0 saturated carbocycles. The minimum absolute atomic E-state index is 0.311. The molecule has 4 nitrogen and oxygen atoms in total. The van der Waals surface area contributed by atoms with Gasteiger partial charge in [0, 0.05) is 23.5 Å². The summed E-state index contributed by atoms with van der Waals surface area (Å²) < 4.78 is 4.80. The fourth-order valence-corrected chi connectivity index (χ4v) is 2.24. The van der Waals surface area contributed by atoms with Crippen LogP contribution in [0.1, 0.15) is 12.5 Å². The minimum atomic E-state index is -0.457. The van der Waals surface area contributed by atoms with Gasteiger partial charge >= 0.3 is 5.97 Å². The molecule has 0 aliphatic rings. The van der Waals surface area contributed by atoms with E-state index >= 15 is 0 Å². The van der Waals surface area contributed by atoms with E-state index in [2.05, 4.69) is 10.3 Å². The van der Waals surface area contributed by atoms with Gasteiger partial charge in [0.05, 0.1) is 12.1 Å². The molecule has 0 aliphatic carbocycles. The molecular formula is C14H16N2O2S. The van der Waals surface area contributed by atoms with E-state index in [0.29, 0.717) is 11.4 Å². The first kappa shape index (κ1) is 13.5. The largest absolute Gasteiger partial charge is 0.467 e. The van der Waals surface area contributed by atoms with Crippen molar-refractivity contribution in [3.05, 3.63) is 36.0 Å². The molecule has 100 valence electrons. The van der Waals surface area contributed by atoms with E-state index in [1.165, 1.54) is 7.11 Å². The van der Waals surface area contributed by atoms with Crippen LogP contribution in [-0.2, 0) is 16.0 Å². The van der Waals surface area contributed by atoms with Crippen molar-refractivity contribution >= 4 is 34.1 Å². The number of aromatic nitrogens is 1. The Kier molecular flexibility index (Phi) is 4.16. The second-order valence-electron chi connectivity index (χ2n) is 4.34. The first-order chi connectivity index (χ1) is 9.11. The molecule has 0 saturated heterocycles.